The van der Waals surface area contributed by atoms with Crippen molar-refractivity contribution in [1.82, 2.24) is 10.3 Å². The van der Waals surface area contributed by atoms with Crippen molar-refractivity contribution in [2.24, 2.45) is 5.92 Å². The van der Waals surface area contributed by atoms with Crippen LogP contribution in [0.3, 0.4) is 0 Å². The summed E-state index contributed by atoms with van der Waals surface area (Å²) in [4.78, 5) is 6.92. The highest BCUT2D eigenvalue weighted by atomic mass is 16.3. The minimum absolute atomic E-state index is 0.305. The van der Waals surface area contributed by atoms with Crippen molar-refractivity contribution in [3.8, 4) is 0 Å². The summed E-state index contributed by atoms with van der Waals surface area (Å²) in [5.74, 6) is 0.484. The van der Waals surface area contributed by atoms with E-state index in [0.29, 0.717) is 18.6 Å². The topological polar surface area (TPSA) is 48.4 Å². The standard InChI is InChI=1S/C15H25N3O/c1-3-16-12(2)15-5-4-14(10-17-15)18-8-6-13(11-19)7-9-18/h4-5,10,12-13,16,19H,3,6-9,11H2,1-2H3. The predicted molar refractivity (Wildman–Crippen MR) is 78.4 cm³/mol. The number of aliphatic hydroxyl groups is 1. The van der Waals surface area contributed by atoms with Crippen LogP contribution in [0.5, 0.6) is 0 Å². The zero-order valence-corrected chi connectivity index (χ0v) is 12.0. The molecule has 1 atom stereocenters. The van der Waals surface area contributed by atoms with Gasteiger partial charge in [0.15, 0.2) is 0 Å². The van der Waals surface area contributed by atoms with Crippen molar-refractivity contribution in [2.75, 3.05) is 31.1 Å². The number of piperidine rings is 1. The fraction of sp³-hybridized carbons (Fsp3) is 0.667. The number of pyridine rings is 1. The number of nitrogens with one attached hydrogen (secondary N) is 1. The third kappa shape index (κ3) is 3.67. The van der Waals surface area contributed by atoms with Gasteiger partial charge in [0, 0.05) is 25.7 Å². The van der Waals surface area contributed by atoms with Gasteiger partial charge in [0.25, 0.3) is 0 Å². The van der Waals surface area contributed by atoms with E-state index in [4.69, 9.17) is 5.11 Å². The molecule has 4 nitrogen and oxygen atoms in total. The first-order chi connectivity index (χ1) is 9.24. The van der Waals surface area contributed by atoms with Crippen LogP contribution in [0.2, 0.25) is 0 Å². The van der Waals surface area contributed by atoms with Crippen LogP contribution in [-0.2, 0) is 0 Å². The smallest absolute Gasteiger partial charge is 0.0572 e. The highest BCUT2D eigenvalue weighted by Crippen LogP contribution is 2.23. The molecule has 4 heteroatoms. The zero-order valence-electron chi connectivity index (χ0n) is 12.0. The van der Waals surface area contributed by atoms with Crippen LogP contribution in [0.25, 0.3) is 0 Å². The van der Waals surface area contributed by atoms with Crippen molar-refractivity contribution in [1.29, 1.82) is 0 Å². The average molecular weight is 263 g/mol. The Balaban J connectivity index is 1.95. The molecule has 1 saturated heterocycles. The third-order valence-corrected chi connectivity index (χ3v) is 3.96. The fourth-order valence-corrected chi connectivity index (χ4v) is 2.63. The van der Waals surface area contributed by atoms with Gasteiger partial charge in [-0.3, -0.25) is 4.98 Å². The lowest BCUT2D eigenvalue weighted by molar-refractivity contribution is 0.203. The van der Waals surface area contributed by atoms with Crippen LogP contribution in [-0.4, -0.2) is 36.3 Å². The lowest BCUT2D eigenvalue weighted by Gasteiger charge is -2.32. The van der Waals surface area contributed by atoms with Gasteiger partial charge in [-0.1, -0.05) is 6.92 Å². The third-order valence-electron chi connectivity index (χ3n) is 3.96. The summed E-state index contributed by atoms with van der Waals surface area (Å²) in [6.07, 6.45) is 4.13. The number of aromatic nitrogens is 1. The Kier molecular flexibility index (Phi) is 5.16. The zero-order chi connectivity index (χ0) is 13.7. The van der Waals surface area contributed by atoms with Gasteiger partial charge in [-0.15, -0.1) is 0 Å². The molecule has 0 aromatic carbocycles. The number of rotatable bonds is 5. The minimum atomic E-state index is 0.305. The minimum Gasteiger partial charge on any atom is -0.396 e. The maximum atomic E-state index is 9.16. The lowest BCUT2D eigenvalue weighted by Crippen LogP contribution is -2.34. The van der Waals surface area contributed by atoms with Gasteiger partial charge >= 0.3 is 0 Å². The van der Waals surface area contributed by atoms with E-state index in [-0.39, 0.29) is 0 Å². The number of nitrogens with zero attached hydrogens (tertiary/aromatic N) is 2. The molecule has 0 spiro atoms. The van der Waals surface area contributed by atoms with Gasteiger partial charge in [-0.2, -0.15) is 0 Å². The summed E-state index contributed by atoms with van der Waals surface area (Å²) in [5.41, 5.74) is 2.29. The average Bonchev–Trinajstić information content (AvgIpc) is 2.48. The predicted octanol–water partition coefficient (Wildman–Crippen LogP) is 1.96. The fourth-order valence-electron chi connectivity index (χ4n) is 2.63. The summed E-state index contributed by atoms with van der Waals surface area (Å²) in [6, 6.07) is 4.58. The molecule has 1 fully saturated rings. The van der Waals surface area contributed by atoms with Gasteiger partial charge in [-0.25, -0.2) is 0 Å². The number of hydrogen-bond acceptors (Lipinski definition) is 4. The van der Waals surface area contributed by atoms with E-state index in [1.54, 1.807) is 0 Å². The van der Waals surface area contributed by atoms with E-state index < -0.39 is 0 Å². The SMILES string of the molecule is CCNC(C)c1ccc(N2CCC(CO)CC2)cn1. The first-order valence-corrected chi connectivity index (χ1v) is 7.29. The maximum absolute atomic E-state index is 9.16. The van der Waals surface area contributed by atoms with Crippen LogP contribution in [0.1, 0.15) is 38.4 Å². The molecule has 0 bridgehead atoms. The Morgan fingerprint density at radius 1 is 1.42 bits per heavy atom. The van der Waals surface area contributed by atoms with Gasteiger partial charge in [0.05, 0.1) is 17.6 Å². The monoisotopic (exact) mass is 263 g/mol. The highest BCUT2D eigenvalue weighted by Gasteiger charge is 2.19. The summed E-state index contributed by atoms with van der Waals surface area (Å²) < 4.78 is 0. The number of hydrogen-bond donors (Lipinski definition) is 2. The van der Waals surface area contributed by atoms with E-state index >= 15 is 0 Å². The second-order valence-corrected chi connectivity index (χ2v) is 5.33. The van der Waals surface area contributed by atoms with Crippen LogP contribution in [0.15, 0.2) is 18.3 Å². The molecule has 0 saturated carbocycles. The first kappa shape index (κ1) is 14.3. The van der Waals surface area contributed by atoms with Crippen LogP contribution < -0.4 is 10.2 Å². The van der Waals surface area contributed by atoms with E-state index in [0.717, 1.165) is 38.2 Å². The second kappa shape index (κ2) is 6.87. The van der Waals surface area contributed by atoms with Gasteiger partial charge in [-0.05, 0) is 44.4 Å². The maximum Gasteiger partial charge on any atom is 0.0572 e. The largest absolute Gasteiger partial charge is 0.396 e. The Bertz CT molecular complexity index is 371. The molecule has 2 N–H and O–H groups in total. The molecular formula is C15H25N3O. The van der Waals surface area contributed by atoms with Crippen molar-refractivity contribution in [2.45, 2.75) is 32.7 Å². The molecule has 0 amide bonds. The van der Waals surface area contributed by atoms with Crippen molar-refractivity contribution >= 4 is 5.69 Å². The second-order valence-electron chi connectivity index (χ2n) is 5.33. The Morgan fingerprint density at radius 2 is 2.16 bits per heavy atom. The van der Waals surface area contributed by atoms with Crippen LogP contribution in [0.4, 0.5) is 5.69 Å². The van der Waals surface area contributed by atoms with E-state index in [1.807, 2.05) is 6.20 Å². The highest BCUT2D eigenvalue weighted by molar-refractivity contribution is 5.45. The molecule has 1 aliphatic rings. The molecule has 0 radical (unpaired) electrons. The normalized spacial score (nSPS) is 18.6. The molecule has 2 rings (SSSR count). The van der Waals surface area contributed by atoms with E-state index in [1.165, 1.54) is 5.69 Å². The Labute approximate surface area is 115 Å². The lowest BCUT2D eigenvalue weighted by atomic mass is 9.97. The molecule has 1 aromatic heterocycles. The molecule has 1 aliphatic heterocycles. The summed E-state index contributed by atoms with van der Waals surface area (Å²) in [7, 11) is 0. The Hall–Kier alpha value is -1.13. The first-order valence-electron chi connectivity index (χ1n) is 7.29. The number of anilines is 1. The summed E-state index contributed by atoms with van der Waals surface area (Å²) >= 11 is 0. The molecule has 19 heavy (non-hydrogen) atoms. The van der Waals surface area contributed by atoms with Gasteiger partial charge < -0.3 is 15.3 Å². The molecule has 1 unspecified atom stereocenters. The molecule has 106 valence electrons. The van der Waals surface area contributed by atoms with Crippen molar-refractivity contribution < 1.29 is 5.11 Å². The van der Waals surface area contributed by atoms with E-state index in [2.05, 4.69) is 41.2 Å². The quantitative estimate of drug-likeness (QED) is 0.852. The van der Waals surface area contributed by atoms with Gasteiger partial charge in [0.1, 0.15) is 0 Å². The van der Waals surface area contributed by atoms with Crippen LogP contribution in [0, 0.1) is 5.92 Å². The Morgan fingerprint density at radius 3 is 2.68 bits per heavy atom. The summed E-state index contributed by atoms with van der Waals surface area (Å²) in [5, 5.41) is 12.5. The van der Waals surface area contributed by atoms with Gasteiger partial charge in [0.2, 0.25) is 0 Å². The summed E-state index contributed by atoms with van der Waals surface area (Å²) in [6.45, 7) is 7.57. The van der Waals surface area contributed by atoms with E-state index in [9.17, 15) is 0 Å². The van der Waals surface area contributed by atoms with Crippen LogP contribution >= 0.6 is 0 Å². The molecule has 0 aliphatic carbocycles. The number of aliphatic hydroxyl groups excluding tert-OH is 1. The molecular weight excluding hydrogens is 238 g/mol. The molecule has 1 aromatic rings. The van der Waals surface area contributed by atoms with Crippen molar-refractivity contribution in [3.63, 3.8) is 0 Å². The molecule has 2 heterocycles. The van der Waals surface area contributed by atoms with Crippen molar-refractivity contribution in [3.05, 3.63) is 24.0 Å².